The van der Waals surface area contributed by atoms with E-state index in [4.69, 9.17) is 0 Å². The largest absolute Gasteiger partial charge is 0.341 e. The van der Waals surface area contributed by atoms with Crippen LogP contribution in [-0.2, 0) is 6.54 Å². The highest BCUT2D eigenvalue weighted by molar-refractivity contribution is 5.81. The van der Waals surface area contributed by atoms with Crippen LogP contribution in [0, 0.1) is 5.82 Å². The monoisotopic (exact) mass is 389 g/mol. The van der Waals surface area contributed by atoms with Crippen LogP contribution in [-0.4, -0.2) is 37.8 Å². The summed E-state index contributed by atoms with van der Waals surface area (Å²) in [7, 11) is 0. The molecule has 0 unspecified atom stereocenters. The van der Waals surface area contributed by atoms with Gasteiger partial charge in [0.1, 0.15) is 17.5 Å². The summed E-state index contributed by atoms with van der Waals surface area (Å²) in [6.07, 6.45) is 7.59. The van der Waals surface area contributed by atoms with Crippen molar-refractivity contribution in [1.82, 2.24) is 24.7 Å². The van der Waals surface area contributed by atoms with E-state index in [-0.39, 0.29) is 5.82 Å². The molecular formula is C21H20FN7. The van der Waals surface area contributed by atoms with Crippen LogP contribution in [0.4, 0.5) is 22.0 Å². The number of pyridine rings is 1. The van der Waals surface area contributed by atoms with E-state index in [9.17, 15) is 4.39 Å². The van der Waals surface area contributed by atoms with Gasteiger partial charge in [-0.05, 0) is 25.0 Å². The Morgan fingerprint density at radius 1 is 1.00 bits per heavy atom. The summed E-state index contributed by atoms with van der Waals surface area (Å²) in [6.45, 7) is 2.33. The maximum Gasteiger partial charge on any atom is 0.227 e. The van der Waals surface area contributed by atoms with Crippen molar-refractivity contribution in [1.29, 1.82) is 0 Å². The maximum absolute atomic E-state index is 14.0. The molecule has 1 aliphatic rings. The zero-order valence-corrected chi connectivity index (χ0v) is 15.8. The van der Waals surface area contributed by atoms with Gasteiger partial charge in [-0.1, -0.05) is 18.2 Å². The molecule has 7 nitrogen and oxygen atoms in total. The van der Waals surface area contributed by atoms with Crippen LogP contribution < -0.4 is 10.2 Å². The minimum atomic E-state index is -0.237. The number of hydrogen-bond acceptors (Lipinski definition) is 6. The molecule has 0 aliphatic carbocycles. The van der Waals surface area contributed by atoms with Crippen molar-refractivity contribution in [3.63, 3.8) is 0 Å². The number of benzene rings is 1. The fourth-order valence-corrected chi connectivity index (χ4v) is 3.57. The molecule has 146 valence electrons. The minimum Gasteiger partial charge on any atom is -0.341 e. The Morgan fingerprint density at radius 2 is 1.86 bits per heavy atom. The molecule has 0 saturated carbocycles. The van der Waals surface area contributed by atoms with Crippen LogP contribution in [0.3, 0.4) is 0 Å². The Kier molecular flexibility index (Phi) is 4.51. The second kappa shape index (κ2) is 7.46. The zero-order chi connectivity index (χ0) is 19.6. The first-order chi connectivity index (χ1) is 14.3. The first-order valence-corrected chi connectivity index (χ1v) is 9.66. The van der Waals surface area contributed by atoms with Gasteiger partial charge in [-0.15, -0.1) is 0 Å². The van der Waals surface area contributed by atoms with Crippen LogP contribution in [0.15, 0.2) is 55.0 Å². The van der Waals surface area contributed by atoms with Crippen molar-refractivity contribution in [2.75, 3.05) is 23.3 Å². The summed E-state index contributed by atoms with van der Waals surface area (Å²) < 4.78 is 15.8. The Balaban J connectivity index is 1.41. The summed E-state index contributed by atoms with van der Waals surface area (Å²) in [5.41, 5.74) is 1.47. The summed E-state index contributed by atoms with van der Waals surface area (Å²) in [6, 6.07) is 10.5. The highest BCUT2D eigenvalue weighted by Crippen LogP contribution is 2.22. The molecule has 0 radical (unpaired) electrons. The number of aromatic nitrogens is 5. The molecule has 1 fully saturated rings. The van der Waals surface area contributed by atoms with Crippen molar-refractivity contribution in [2.24, 2.45) is 0 Å². The van der Waals surface area contributed by atoms with Gasteiger partial charge in [0.15, 0.2) is 0 Å². The van der Waals surface area contributed by atoms with Gasteiger partial charge in [0.05, 0.1) is 18.3 Å². The van der Waals surface area contributed by atoms with Crippen molar-refractivity contribution < 1.29 is 4.39 Å². The molecule has 29 heavy (non-hydrogen) atoms. The Morgan fingerprint density at radius 3 is 2.72 bits per heavy atom. The predicted molar refractivity (Wildman–Crippen MR) is 110 cm³/mol. The van der Waals surface area contributed by atoms with E-state index < -0.39 is 0 Å². The summed E-state index contributed by atoms with van der Waals surface area (Å²) in [5, 5.41) is 8.54. The van der Waals surface area contributed by atoms with Gasteiger partial charge in [0.25, 0.3) is 0 Å². The van der Waals surface area contributed by atoms with Gasteiger partial charge in [0, 0.05) is 42.5 Å². The molecule has 4 aromatic rings. The van der Waals surface area contributed by atoms with Gasteiger partial charge < -0.3 is 10.2 Å². The molecule has 5 rings (SSSR count). The number of rotatable bonds is 5. The van der Waals surface area contributed by atoms with Crippen LogP contribution >= 0.6 is 0 Å². The van der Waals surface area contributed by atoms with Crippen molar-refractivity contribution >= 4 is 28.5 Å². The third-order valence-corrected chi connectivity index (χ3v) is 5.09. The number of anilines is 3. The molecule has 0 spiro atoms. The number of hydrogen-bond donors (Lipinski definition) is 1. The van der Waals surface area contributed by atoms with Crippen LogP contribution in [0.1, 0.15) is 18.4 Å². The van der Waals surface area contributed by atoms with Crippen LogP contribution in [0.25, 0.3) is 10.9 Å². The number of halogens is 1. The van der Waals surface area contributed by atoms with Crippen molar-refractivity contribution in [3.05, 3.63) is 66.4 Å². The molecule has 0 bridgehead atoms. The Labute approximate surface area is 167 Å². The van der Waals surface area contributed by atoms with Crippen LogP contribution in [0.5, 0.6) is 0 Å². The number of fused-ring (bicyclic) bond motifs is 1. The molecule has 1 aromatic carbocycles. The minimum absolute atomic E-state index is 0.237. The van der Waals surface area contributed by atoms with E-state index in [0.717, 1.165) is 29.9 Å². The molecule has 1 saturated heterocycles. The average molecular weight is 389 g/mol. The van der Waals surface area contributed by atoms with Crippen molar-refractivity contribution in [2.45, 2.75) is 19.4 Å². The lowest BCUT2D eigenvalue weighted by Crippen LogP contribution is -2.20. The quantitative estimate of drug-likeness (QED) is 0.560. The SMILES string of the molecule is Fc1ccccc1Cn1ncc2cnc(Nc3ccnc(N4CCCC4)n3)cc21. The van der Waals surface area contributed by atoms with E-state index in [2.05, 4.69) is 30.3 Å². The zero-order valence-electron chi connectivity index (χ0n) is 15.8. The van der Waals surface area contributed by atoms with Crippen LogP contribution in [0.2, 0.25) is 0 Å². The molecule has 0 atom stereocenters. The third-order valence-electron chi connectivity index (χ3n) is 5.09. The van der Waals surface area contributed by atoms with Gasteiger partial charge in [0.2, 0.25) is 5.95 Å². The molecule has 3 aromatic heterocycles. The van der Waals surface area contributed by atoms with Gasteiger partial charge >= 0.3 is 0 Å². The molecule has 0 amide bonds. The lowest BCUT2D eigenvalue weighted by Gasteiger charge is -2.15. The summed E-state index contributed by atoms with van der Waals surface area (Å²) >= 11 is 0. The van der Waals surface area contributed by atoms with E-state index in [0.29, 0.717) is 23.7 Å². The summed E-state index contributed by atoms with van der Waals surface area (Å²) in [4.78, 5) is 15.6. The Bertz CT molecular complexity index is 1150. The lowest BCUT2D eigenvalue weighted by atomic mass is 10.2. The van der Waals surface area contributed by atoms with E-state index >= 15 is 0 Å². The fourth-order valence-electron chi connectivity index (χ4n) is 3.57. The molecule has 1 N–H and O–H groups in total. The number of nitrogens with zero attached hydrogens (tertiary/aromatic N) is 6. The van der Waals surface area contributed by atoms with Gasteiger partial charge in [-0.2, -0.15) is 10.1 Å². The van der Waals surface area contributed by atoms with Crippen molar-refractivity contribution in [3.8, 4) is 0 Å². The standard InChI is InChI=1S/C21H20FN7/c22-17-6-2-1-5-15(17)14-29-18-11-20(24-12-16(18)13-25-29)26-19-7-8-23-21(27-19)28-9-3-4-10-28/h1-2,5-8,11-13H,3-4,9-10,14H2,(H,23,24,26,27). The van der Waals surface area contributed by atoms with E-state index in [1.165, 1.54) is 18.9 Å². The molecule has 4 heterocycles. The predicted octanol–water partition coefficient (Wildman–Crippen LogP) is 3.75. The second-order valence-corrected chi connectivity index (χ2v) is 7.08. The fraction of sp³-hybridized carbons (Fsp3) is 0.238. The normalized spacial score (nSPS) is 13.9. The molecule has 8 heteroatoms. The molecular weight excluding hydrogens is 369 g/mol. The second-order valence-electron chi connectivity index (χ2n) is 7.08. The average Bonchev–Trinajstić information content (AvgIpc) is 3.41. The van der Waals surface area contributed by atoms with Gasteiger partial charge in [-0.3, -0.25) is 4.68 Å². The number of nitrogens with one attached hydrogen (secondary N) is 1. The highest BCUT2D eigenvalue weighted by Gasteiger charge is 2.15. The third kappa shape index (κ3) is 3.61. The highest BCUT2D eigenvalue weighted by atomic mass is 19.1. The topological polar surface area (TPSA) is 71.8 Å². The summed E-state index contributed by atoms with van der Waals surface area (Å²) in [5.74, 6) is 1.84. The smallest absolute Gasteiger partial charge is 0.227 e. The first kappa shape index (κ1) is 17.5. The lowest BCUT2D eigenvalue weighted by molar-refractivity contribution is 0.590. The van der Waals surface area contributed by atoms with E-state index in [1.54, 1.807) is 35.4 Å². The van der Waals surface area contributed by atoms with E-state index in [1.807, 2.05) is 18.2 Å². The molecule has 1 aliphatic heterocycles. The van der Waals surface area contributed by atoms with Gasteiger partial charge in [-0.25, -0.2) is 14.4 Å². The maximum atomic E-state index is 14.0. The Hall–Kier alpha value is -3.55. The first-order valence-electron chi connectivity index (χ1n) is 9.66.